The van der Waals surface area contributed by atoms with E-state index in [2.05, 4.69) is 32.9 Å². The molecule has 9 heteroatoms. The minimum absolute atomic E-state index is 0.293. The van der Waals surface area contributed by atoms with E-state index in [1.54, 1.807) is 18.1 Å². The fourth-order valence-electron chi connectivity index (χ4n) is 2.67. The van der Waals surface area contributed by atoms with Gasteiger partial charge in [0.2, 0.25) is 0 Å². The highest BCUT2D eigenvalue weighted by Gasteiger charge is 2.12. The summed E-state index contributed by atoms with van der Waals surface area (Å²) < 4.78 is 8.77. The van der Waals surface area contributed by atoms with Gasteiger partial charge >= 0.3 is 6.03 Å². The van der Waals surface area contributed by atoms with E-state index in [1.165, 1.54) is 0 Å². The molecule has 0 aliphatic heterocycles. The molecule has 2 heterocycles. The maximum atomic E-state index is 12.3. The van der Waals surface area contributed by atoms with E-state index < -0.39 is 0 Å². The smallest absolute Gasteiger partial charge is 0.320 e. The Morgan fingerprint density at radius 2 is 2.04 bits per heavy atom. The zero-order valence-electron chi connectivity index (χ0n) is 15.6. The highest BCUT2D eigenvalue weighted by molar-refractivity contribution is 5.88. The van der Waals surface area contributed by atoms with Crippen molar-refractivity contribution in [2.75, 3.05) is 12.4 Å². The lowest BCUT2D eigenvalue weighted by molar-refractivity contribution is 0.251. The number of methoxy groups -OCH3 is 1. The molecule has 0 radical (unpaired) electrons. The number of rotatable bonds is 7. The number of amides is 2. The molecular weight excluding hydrogens is 346 g/mol. The number of carbonyl (C=O) groups excluding carboxylic acids is 1. The number of nitrogens with one attached hydrogen (secondary N) is 2. The summed E-state index contributed by atoms with van der Waals surface area (Å²) in [5, 5.41) is 18.0. The van der Waals surface area contributed by atoms with Crippen molar-refractivity contribution in [3.63, 3.8) is 0 Å². The van der Waals surface area contributed by atoms with E-state index in [0.717, 1.165) is 30.1 Å². The van der Waals surface area contributed by atoms with Crippen LogP contribution in [0.3, 0.4) is 0 Å². The topological polar surface area (TPSA) is 98.9 Å². The molecule has 1 aromatic carbocycles. The molecule has 0 atom stereocenters. The number of anilines is 1. The molecule has 0 aliphatic carbocycles. The Labute approximate surface area is 157 Å². The van der Waals surface area contributed by atoms with Gasteiger partial charge in [-0.3, -0.25) is 5.32 Å². The van der Waals surface area contributed by atoms with Crippen LogP contribution in [0.1, 0.15) is 24.9 Å². The molecular formula is C18H23N7O2. The lowest BCUT2D eigenvalue weighted by Crippen LogP contribution is -2.30. The molecule has 2 aromatic heterocycles. The van der Waals surface area contributed by atoms with Gasteiger partial charge in [0.15, 0.2) is 5.82 Å². The van der Waals surface area contributed by atoms with Crippen LogP contribution in [-0.4, -0.2) is 37.7 Å². The third-order valence-corrected chi connectivity index (χ3v) is 3.96. The number of aryl methyl sites for hydroxylation is 2. The molecule has 3 aromatic rings. The third-order valence-electron chi connectivity index (χ3n) is 3.96. The number of hydrogen-bond acceptors (Lipinski definition) is 5. The van der Waals surface area contributed by atoms with Crippen molar-refractivity contribution in [2.24, 2.45) is 0 Å². The van der Waals surface area contributed by atoms with Crippen LogP contribution in [0.25, 0.3) is 5.69 Å². The predicted molar refractivity (Wildman–Crippen MR) is 101 cm³/mol. The number of carbonyl (C=O) groups is 1. The number of aromatic nitrogens is 5. The van der Waals surface area contributed by atoms with Crippen LogP contribution < -0.4 is 15.4 Å². The molecule has 0 bridgehead atoms. The maximum absolute atomic E-state index is 12.3. The highest BCUT2D eigenvalue weighted by Crippen LogP contribution is 2.19. The standard InChI is InChI=1S/C18H23N7O2/c1-4-9-24-12-20-22-17(24)11-19-18(26)21-16-10-13(2)23-25(16)14-5-7-15(27-3)8-6-14/h5-8,10,12H,4,9,11H2,1-3H3,(H2,19,21,26). The van der Waals surface area contributed by atoms with E-state index in [1.807, 2.05) is 41.8 Å². The predicted octanol–water partition coefficient (Wildman–Crippen LogP) is 2.51. The largest absolute Gasteiger partial charge is 0.497 e. The SMILES string of the molecule is CCCn1cnnc1CNC(=O)Nc1cc(C)nn1-c1ccc(OC)cc1. The fourth-order valence-corrected chi connectivity index (χ4v) is 2.67. The average molecular weight is 369 g/mol. The number of ether oxygens (including phenoxy) is 1. The van der Waals surface area contributed by atoms with E-state index in [0.29, 0.717) is 18.2 Å². The van der Waals surface area contributed by atoms with E-state index >= 15 is 0 Å². The van der Waals surface area contributed by atoms with Gasteiger partial charge in [-0.05, 0) is 37.6 Å². The first-order chi connectivity index (χ1) is 13.1. The Bertz CT molecular complexity index is 899. The molecule has 0 fully saturated rings. The van der Waals surface area contributed by atoms with Gasteiger partial charge in [-0.2, -0.15) is 5.10 Å². The second-order valence-electron chi connectivity index (χ2n) is 6.03. The third kappa shape index (κ3) is 4.43. The molecule has 2 N–H and O–H groups in total. The van der Waals surface area contributed by atoms with Gasteiger partial charge in [0.25, 0.3) is 0 Å². The summed E-state index contributed by atoms with van der Waals surface area (Å²) in [6, 6.07) is 8.91. The number of urea groups is 1. The summed E-state index contributed by atoms with van der Waals surface area (Å²) >= 11 is 0. The Balaban J connectivity index is 1.68. The van der Waals surface area contributed by atoms with E-state index in [-0.39, 0.29) is 6.03 Å². The van der Waals surface area contributed by atoms with Gasteiger partial charge in [-0.15, -0.1) is 10.2 Å². The number of hydrogen-bond donors (Lipinski definition) is 2. The monoisotopic (exact) mass is 369 g/mol. The summed E-state index contributed by atoms with van der Waals surface area (Å²) in [6.45, 7) is 5.06. The van der Waals surface area contributed by atoms with Crippen LogP contribution in [0.5, 0.6) is 5.75 Å². The van der Waals surface area contributed by atoms with Gasteiger partial charge < -0.3 is 14.6 Å². The second-order valence-corrected chi connectivity index (χ2v) is 6.03. The lowest BCUT2D eigenvalue weighted by Gasteiger charge is -2.11. The summed E-state index contributed by atoms with van der Waals surface area (Å²) in [4.78, 5) is 12.3. The van der Waals surface area contributed by atoms with Gasteiger partial charge in [0.05, 0.1) is 25.0 Å². The lowest BCUT2D eigenvalue weighted by atomic mass is 10.3. The second kappa shape index (κ2) is 8.35. The minimum atomic E-state index is -0.337. The van der Waals surface area contributed by atoms with Crippen LogP contribution >= 0.6 is 0 Å². The average Bonchev–Trinajstić information content (AvgIpc) is 3.26. The quantitative estimate of drug-likeness (QED) is 0.667. The molecule has 27 heavy (non-hydrogen) atoms. The number of benzene rings is 1. The van der Waals surface area contributed by atoms with Gasteiger partial charge in [-0.1, -0.05) is 6.92 Å². The highest BCUT2D eigenvalue weighted by atomic mass is 16.5. The Morgan fingerprint density at radius 3 is 2.74 bits per heavy atom. The molecule has 0 spiro atoms. The molecule has 0 aliphatic rings. The van der Waals surface area contributed by atoms with Crippen molar-refractivity contribution in [3.8, 4) is 11.4 Å². The molecule has 0 unspecified atom stereocenters. The van der Waals surface area contributed by atoms with Crippen molar-refractivity contribution in [3.05, 3.63) is 48.2 Å². The van der Waals surface area contributed by atoms with Crippen molar-refractivity contribution in [1.82, 2.24) is 29.9 Å². The molecule has 9 nitrogen and oxygen atoms in total. The number of nitrogens with zero attached hydrogens (tertiary/aromatic N) is 5. The van der Waals surface area contributed by atoms with E-state index in [4.69, 9.17) is 4.74 Å². The minimum Gasteiger partial charge on any atom is -0.497 e. The van der Waals surface area contributed by atoms with Gasteiger partial charge in [0.1, 0.15) is 17.9 Å². The summed E-state index contributed by atoms with van der Waals surface area (Å²) in [6.07, 6.45) is 2.64. The first-order valence-corrected chi connectivity index (χ1v) is 8.73. The molecule has 142 valence electrons. The fraction of sp³-hybridized carbons (Fsp3) is 0.333. The van der Waals surface area contributed by atoms with Crippen molar-refractivity contribution >= 4 is 11.8 Å². The maximum Gasteiger partial charge on any atom is 0.320 e. The Kier molecular flexibility index (Phi) is 5.70. The molecule has 0 saturated carbocycles. The van der Waals surface area contributed by atoms with Gasteiger partial charge in [0, 0.05) is 12.6 Å². The molecule has 3 rings (SSSR count). The summed E-state index contributed by atoms with van der Waals surface area (Å²) in [7, 11) is 1.62. The van der Waals surface area contributed by atoms with Crippen LogP contribution in [0.15, 0.2) is 36.7 Å². The normalized spacial score (nSPS) is 10.6. The first-order valence-electron chi connectivity index (χ1n) is 8.73. The van der Waals surface area contributed by atoms with Crippen LogP contribution in [0.4, 0.5) is 10.6 Å². The van der Waals surface area contributed by atoms with Crippen molar-refractivity contribution < 1.29 is 9.53 Å². The van der Waals surface area contributed by atoms with Gasteiger partial charge in [-0.25, -0.2) is 9.48 Å². The van der Waals surface area contributed by atoms with E-state index in [9.17, 15) is 4.79 Å². The summed E-state index contributed by atoms with van der Waals surface area (Å²) in [5.41, 5.74) is 1.62. The first kappa shape index (κ1) is 18.4. The molecule has 2 amide bonds. The Morgan fingerprint density at radius 1 is 1.26 bits per heavy atom. The van der Waals surface area contributed by atoms with Crippen LogP contribution in [0, 0.1) is 6.92 Å². The van der Waals surface area contributed by atoms with Crippen molar-refractivity contribution in [2.45, 2.75) is 33.4 Å². The van der Waals surface area contributed by atoms with Crippen molar-refractivity contribution in [1.29, 1.82) is 0 Å². The molecule has 0 saturated heterocycles. The van der Waals surface area contributed by atoms with Crippen LogP contribution in [0.2, 0.25) is 0 Å². The zero-order valence-corrected chi connectivity index (χ0v) is 15.6. The Hall–Kier alpha value is -3.36. The summed E-state index contributed by atoms with van der Waals surface area (Å²) in [5.74, 6) is 2.04. The van der Waals surface area contributed by atoms with Crippen LogP contribution in [-0.2, 0) is 13.1 Å². The zero-order chi connectivity index (χ0) is 19.2.